The van der Waals surface area contributed by atoms with Crippen molar-refractivity contribution in [3.63, 3.8) is 0 Å². The van der Waals surface area contributed by atoms with E-state index in [1.165, 1.54) is 4.57 Å². The van der Waals surface area contributed by atoms with Gasteiger partial charge in [-0.25, -0.2) is 14.8 Å². The molecule has 11 nitrogen and oxygen atoms in total. The van der Waals surface area contributed by atoms with Crippen LogP contribution in [-0.2, 0) is 19.6 Å². The monoisotopic (exact) mass is 727 g/mol. The number of halogens is 2. The molecule has 1 aliphatic carbocycles. The number of benzene rings is 3. The molecule has 5 aromatic rings. The van der Waals surface area contributed by atoms with Gasteiger partial charge in [-0.2, -0.15) is 0 Å². The molecule has 2 aliphatic rings. The first-order valence-electron chi connectivity index (χ1n) is 15.5. The predicted octanol–water partition coefficient (Wildman–Crippen LogP) is 5.61. The summed E-state index contributed by atoms with van der Waals surface area (Å²) in [6.07, 6.45) is 3.83. The van der Waals surface area contributed by atoms with Gasteiger partial charge in [0.15, 0.2) is 0 Å². The second-order valence-electron chi connectivity index (χ2n) is 11.9. The minimum Gasteiger partial charge on any atom is -0.490 e. The minimum atomic E-state index is -0.468. The second kappa shape index (κ2) is 12.9. The first-order chi connectivity index (χ1) is 23.2. The number of nitrogens with zero attached hydrogens (tertiary/aromatic N) is 5. The van der Waals surface area contributed by atoms with Crippen molar-refractivity contribution >= 4 is 45.3 Å². The molecule has 1 unspecified atom stereocenters. The molecule has 1 fully saturated rings. The van der Waals surface area contributed by atoms with E-state index in [4.69, 9.17) is 22.1 Å². The number of fused-ring (bicyclic) bond motifs is 1. The number of carbonyl (C=O) groups excluding carboxylic acids is 2. The van der Waals surface area contributed by atoms with Crippen LogP contribution in [-0.4, -0.2) is 48.0 Å². The van der Waals surface area contributed by atoms with Crippen LogP contribution in [0.3, 0.4) is 0 Å². The topological polar surface area (TPSA) is 137 Å². The highest BCUT2D eigenvalue weighted by Gasteiger charge is 2.35. The van der Waals surface area contributed by atoms with Gasteiger partial charge < -0.3 is 20.7 Å². The summed E-state index contributed by atoms with van der Waals surface area (Å²) in [5.74, 6) is 0.118. The standard InChI is InChI=1S/C35H31BrClN7O4/c1-20-18-43-30(19-42(20)33(46)21-6-13-27(36)28(37)16-21)31(44(35(43)47)23-7-9-24(10-8-23)48-25-11-12-25)32(45)40-17-22-4-2-3-5-26(22)29-14-15-39-34(38)41-29/h2-10,13-16,20,25H,11-12,17-19H2,1H3,(H,40,45)(H2,38,39,41). The Morgan fingerprint density at radius 1 is 1.08 bits per heavy atom. The van der Waals surface area contributed by atoms with Crippen LogP contribution >= 0.6 is 27.5 Å². The van der Waals surface area contributed by atoms with Crippen molar-refractivity contribution in [3.8, 4) is 22.7 Å². The van der Waals surface area contributed by atoms with Gasteiger partial charge >= 0.3 is 5.69 Å². The minimum absolute atomic E-state index is 0.0400. The van der Waals surface area contributed by atoms with Gasteiger partial charge in [-0.15, -0.1) is 0 Å². The average Bonchev–Trinajstić information content (AvgIpc) is 3.86. The quantitative estimate of drug-likeness (QED) is 0.212. The highest BCUT2D eigenvalue weighted by Crippen LogP contribution is 2.30. The molecule has 3 N–H and O–H groups in total. The van der Waals surface area contributed by atoms with Gasteiger partial charge in [0.05, 0.1) is 34.7 Å². The van der Waals surface area contributed by atoms with Crippen LogP contribution in [0.15, 0.2) is 88.3 Å². The lowest BCUT2D eigenvalue weighted by Crippen LogP contribution is -2.47. The predicted molar refractivity (Wildman–Crippen MR) is 185 cm³/mol. The number of nitrogens with one attached hydrogen (secondary N) is 1. The van der Waals surface area contributed by atoms with Crippen LogP contribution < -0.4 is 21.5 Å². The number of amides is 2. The van der Waals surface area contributed by atoms with Gasteiger partial charge in [0.1, 0.15) is 11.4 Å². The zero-order valence-corrected chi connectivity index (χ0v) is 28.2. The summed E-state index contributed by atoms with van der Waals surface area (Å²) in [7, 11) is 0. The van der Waals surface area contributed by atoms with Gasteiger partial charge in [-0.3, -0.25) is 18.7 Å². The summed E-state index contributed by atoms with van der Waals surface area (Å²) < 4.78 is 9.60. The SMILES string of the molecule is CC1Cn2c(c(C(=O)NCc3ccccc3-c3ccnc(N)n3)n(-c3ccc(OC4CC4)cc3)c2=O)CN1C(=O)c1ccc(Br)c(Cl)c1. The van der Waals surface area contributed by atoms with E-state index in [2.05, 4.69) is 31.2 Å². The Morgan fingerprint density at radius 2 is 1.85 bits per heavy atom. The summed E-state index contributed by atoms with van der Waals surface area (Å²) >= 11 is 9.69. The first kappa shape index (κ1) is 31.6. The summed E-state index contributed by atoms with van der Waals surface area (Å²) in [4.78, 5) is 52.1. The van der Waals surface area contributed by atoms with E-state index < -0.39 is 5.91 Å². The Labute approximate surface area is 289 Å². The van der Waals surface area contributed by atoms with Crippen LogP contribution in [0.1, 0.15) is 51.9 Å². The zero-order valence-electron chi connectivity index (χ0n) is 25.9. The van der Waals surface area contributed by atoms with Gasteiger partial charge in [-0.05, 0) is 89.8 Å². The van der Waals surface area contributed by atoms with Crippen LogP contribution in [0.25, 0.3) is 16.9 Å². The number of aromatic nitrogens is 4. The highest BCUT2D eigenvalue weighted by atomic mass is 79.9. The number of hydrogen-bond acceptors (Lipinski definition) is 7. The van der Waals surface area contributed by atoms with Crippen LogP contribution in [0.5, 0.6) is 5.75 Å². The van der Waals surface area contributed by atoms with Crippen molar-refractivity contribution in [2.75, 3.05) is 5.73 Å². The van der Waals surface area contributed by atoms with Crippen molar-refractivity contribution < 1.29 is 14.3 Å². The number of anilines is 1. The maximum atomic E-state index is 14.2. The van der Waals surface area contributed by atoms with Gasteiger partial charge in [0.2, 0.25) is 5.95 Å². The van der Waals surface area contributed by atoms with Gasteiger partial charge in [-0.1, -0.05) is 35.9 Å². The Kier molecular flexibility index (Phi) is 8.52. The lowest BCUT2D eigenvalue weighted by Gasteiger charge is -2.34. The zero-order chi connectivity index (χ0) is 33.5. The summed E-state index contributed by atoms with van der Waals surface area (Å²) in [6.45, 7) is 2.27. The third-order valence-electron chi connectivity index (χ3n) is 8.52. The molecule has 13 heteroatoms. The van der Waals surface area contributed by atoms with Crippen molar-refractivity contribution in [3.05, 3.63) is 121 Å². The maximum Gasteiger partial charge on any atom is 0.333 e. The van der Waals surface area contributed by atoms with Gasteiger partial charge in [0.25, 0.3) is 11.8 Å². The van der Waals surface area contributed by atoms with Crippen molar-refractivity contribution in [1.82, 2.24) is 29.3 Å². The van der Waals surface area contributed by atoms with E-state index in [0.29, 0.717) is 37.9 Å². The Morgan fingerprint density at radius 3 is 2.58 bits per heavy atom. The second-order valence-corrected chi connectivity index (χ2v) is 13.1. The summed E-state index contributed by atoms with van der Waals surface area (Å²) in [5, 5.41) is 3.43. The van der Waals surface area contributed by atoms with Crippen LogP contribution in [0.2, 0.25) is 5.02 Å². The van der Waals surface area contributed by atoms with E-state index in [-0.39, 0.29) is 55.0 Å². The molecule has 7 rings (SSSR count). The molecule has 0 radical (unpaired) electrons. The molecule has 0 spiro atoms. The van der Waals surface area contributed by atoms with E-state index in [1.807, 2.05) is 31.2 Å². The van der Waals surface area contributed by atoms with E-state index in [9.17, 15) is 14.4 Å². The normalized spacial score (nSPS) is 15.6. The summed E-state index contributed by atoms with van der Waals surface area (Å²) in [6, 6.07) is 21.1. The fourth-order valence-corrected chi connectivity index (χ4v) is 6.34. The number of nitrogen functional groups attached to an aromatic ring is 1. The number of hydrogen-bond donors (Lipinski definition) is 2. The molecule has 0 saturated heterocycles. The molecule has 244 valence electrons. The fourth-order valence-electron chi connectivity index (χ4n) is 5.92. The molecule has 1 aliphatic heterocycles. The van der Waals surface area contributed by atoms with Crippen molar-refractivity contribution in [2.24, 2.45) is 0 Å². The van der Waals surface area contributed by atoms with E-state index in [0.717, 1.165) is 24.0 Å². The lowest BCUT2D eigenvalue weighted by atomic mass is 10.0. The Hall–Kier alpha value is -4.94. The average molecular weight is 729 g/mol. The number of ether oxygens (including phenoxy) is 1. The number of carbonyl (C=O) groups is 2. The van der Waals surface area contributed by atoms with Crippen molar-refractivity contribution in [2.45, 2.75) is 51.5 Å². The summed E-state index contributed by atoms with van der Waals surface area (Å²) in [5.41, 5.74) is 9.18. The molecule has 1 saturated carbocycles. The molecule has 48 heavy (non-hydrogen) atoms. The Bertz CT molecular complexity index is 2110. The number of nitrogens with two attached hydrogens (primary N) is 1. The Balaban J connectivity index is 1.26. The van der Waals surface area contributed by atoms with Crippen molar-refractivity contribution in [1.29, 1.82) is 0 Å². The van der Waals surface area contributed by atoms with Crippen LogP contribution in [0.4, 0.5) is 5.95 Å². The van der Waals surface area contributed by atoms with Gasteiger partial charge in [0, 0.05) is 40.9 Å². The maximum absolute atomic E-state index is 14.2. The van der Waals surface area contributed by atoms with E-state index >= 15 is 0 Å². The molecule has 0 bridgehead atoms. The number of rotatable bonds is 8. The molecule has 1 atom stereocenters. The molecular weight excluding hydrogens is 698 g/mol. The third-order valence-corrected chi connectivity index (χ3v) is 9.75. The van der Waals surface area contributed by atoms with Crippen LogP contribution in [0, 0.1) is 0 Å². The molecule has 3 aromatic carbocycles. The molecule has 2 amide bonds. The molecular formula is C35H31BrClN7O4. The first-order valence-corrected chi connectivity index (χ1v) is 16.7. The van der Waals surface area contributed by atoms with E-state index in [1.54, 1.807) is 64.2 Å². The third kappa shape index (κ3) is 6.20. The highest BCUT2D eigenvalue weighted by molar-refractivity contribution is 9.10. The molecule has 2 aromatic heterocycles. The fraction of sp³-hybridized carbons (Fsp3) is 0.229. The lowest BCUT2D eigenvalue weighted by molar-refractivity contribution is 0.0610. The largest absolute Gasteiger partial charge is 0.490 e. The number of imidazole rings is 1. The smallest absolute Gasteiger partial charge is 0.333 e. The molecule has 3 heterocycles.